The maximum Gasteiger partial charge on any atom is 0.409 e. The van der Waals surface area contributed by atoms with Gasteiger partial charge in [0.2, 0.25) is 5.92 Å². The second-order valence-corrected chi connectivity index (χ2v) is 5.37. The highest BCUT2D eigenvalue weighted by molar-refractivity contribution is 6.00. The molecule has 9 heteroatoms. The SMILES string of the molecule is CCOC(=O)C(C(=O)CCNC(=O)OC(C)(C)C)C(F)(F)F. The Morgan fingerprint density at radius 2 is 1.68 bits per heavy atom. The van der Waals surface area contributed by atoms with E-state index in [0.717, 1.165) is 0 Å². The molecular weight excluding hydrogens is 307 g/mol. The number of ketones is 1. The Kier molecular flexibility index (Phi) is 7.34. The van der Waals surface area contributed by atoms with Crippen molar-refractivity contribution in [2.75, 3.05) is 13.2 Å². The molecule has 1 N–H and O–H groups in total. The Hall–Kier alpha value is -1.80. The average molecular weight is 327 g/mol. The Morgan fingerprint density at radius 1 is 1.14 bits per heavy atom. The molecule has 1 amide bonds. The number of hydrogen-bond acceptors (Lipinski definition) is 5. The van der Waals surface area contributed by atoms with Crippen LogP contribution < -0.4 is 5.32 Å². The number of nitrogens with one attached hydrogen (secondary N) is 1. The molecule has 0 fully saturated rings. The van der Waals surface area contributed by atoms with Gasteiger partial charge in [-0.15, -0.1) is 0 Å². The maximum atomic E-state index is 12.7. The van der Waals surface area contributed by atoms with E-state index >= 15 is 0 Å². The van der Waals surface area contributed by atoms with Gasteiger partial charge >= 0.3 is 18.2 Å². The molecule has 0 aromatic carbocycles. The molecule has 0 rings (SSSR count). The fourth-order valence-corrected chi connectivity index (χ4v) is 1.42. The summed E-state index contributed by atoms with van der Waals surface area (Å²) < 4.78 is 47.3. The van der Waals surface area contributed by atoms with E-state index in [1.807, 2.05) is 0 Å². The van der Waals surface area contributed by atoms with E-state index in [-0.39, 0.29) is 13.2 Å². The van der Waals surface area contributed by atoms with E-state index in [1.54, 1.807) is 20.8 Å². The van der Waals surface area contributed by atoms with Crippen LogP contribution in [0.25, 0.3) is 0 Å². The van der Waals surface area contributed by atoms with Gasteiger partial charge in [0.1, 0.15) is 5.60 Å². The van der Waals surface area contributed by atoms with Crippen LogP contribution in [0.1, 0.15) is 34.1 Å². The first-order valence-corrected chi connectivity index (χ1v) is 6.61. The summed E-state index contributed by atoms with van der Waals surface area (Å²) in [5.74, 6) is -5.85. The summed E-state index contributed by atoms with van der Waals surface area (Å²) >= 11 is 0. The second-order valence-electron chi connectivity index (χ2n) is 5.37. The fraction of sp³-hybridized carbons (Fsp3) is 0.769. The normalized spacial score (nSPS) is 13.2. The van der Waals surface area contributed by atoms with Gasteiger partial charge in [-0.05, 0) is 27.7 Å². The van der Waals surface area contributed by atoms with Gasteiger partial charge in [-0.2, -0.15) is 13.2 Å². The number of halogens is 3. The highest BCUT2D eigenvalue weighted by Gasteiger charge is 2.50. The highest BCUT2D eigenvalue weighted by atomic mass is 19.4. The van der Waals surface area contributed by atoms with Crippen molar-refractivity contribution in [2.24, 2.45) is 5.92 Å². The Labute approximate surface area is 126 Å². The van der Waals surface area contributed by atoms with Gasteiger partial charge in [0, 0.05) is 13.0 Å². The van der Waals surface area contributed by atoms with Crippen molar-refractivity contribution in [3.05, 3.63) is 0 Å². The van der Waals surface area contributed by atoms with E-state index in [2.05, 4.69) is 10.1 Å². The van der Waals surface area contributed by atoms with Crippen LogP contribution in [0, 0.1) is 5.92 Å². The number of alkyl halides is 3. The van der Waals surface area contributed by atoms with Gasteiger partial charge < -0.3 is 14.8 Å². The van der Waals surface area contributed by atoms with Crippen LogP contribution in [-0.2, 0) is 19.1 Å². The molecule has 0 aromatic heterocycles. The molecule has 0 saturated heterocycles. The number of esters is 1. The molecule has 1 atom stereocenters. The predicted molar refractivity (Wildman–Crippen MR) is 70.0 cm³/mol. The topological polar surface area (TPSA) is 81.7 Å². The molecule has 0 aromatic rings. The van der Waals surface area contributed by atoms with E-state index < -0.39 is 42.0 Å². The van der Waals surface area contributed by atoms with E-state index in [4.69, 9.17) is 4.74 Å². The van der Waals surface area contributed by atoms with Crippen LogP contribution in [0.15, 0.2) is 0 Å². The molecule has 0 aliphatic heterocycles. The lowest BCUT2D eigenvalue weighted by Crippen LogP contribution is -2.40. The Morgan fingerprint density at radius 3 is 2.09 bits per heavy atom. The molecule has 0 saturated carbocycles. The molecule has 6 nitrogen and oxygen atoms in total. The minimum atomic E-state index is -5.03. The van der Waals surface area contributed by atoms with Crippen LogP contribution in [0.3, 0.4) is 0 Å². The van der Waals surface area contributed by atoms with Crippen molar-refractivity contribution in [3.8, 4) is 0 Å². The van der Waals surface area contributed by atoms with Crippen molar-refractivity contribution < 1.29 is 37.0 Å². The van der Waals surface area contributed by atoms with Crippen LogP contribution in [0.5, 0.6) is 0 Å². The third-order valence-corrected chi connectivity index (χ3v) is 2.21. The summed E-state index contributed by atoms with van der Waals surface area (Å²) in [5.41, 5.74) is -0.770. The molecular formula is C13H20F3NO5. The van der Waals surface area contributed by atoms with Crippen molar-refractivity contribution >= 4 is 17.8 Å². The molecule has 0 bridgehead atoms. The molecule has 0 radical (unpaired) electrons. The van der Waals surface area contributed by atoms with Crippen molar-refractivity contribution in [1.82, 2.24) is 5.32 Å². The van der Waals surface area contributed by atoms with Crippen LogP contribution in [-0.4, -0.2) is 42.8 Å². The van der Waals surface area contributed by atoms with Crippen molar-refractivity contribution in [1.29, 1.82) is 0 Å². The number of hydrogen-bond donors (Lipinski definition) is 1. The molecule has 0 spiro atoms. The molecule has 0 aliphatic carbocycles. The lowest BCUT2D eigenvalue weighted by atomic mass is 10.0. The van der Waals surface area contributed by atoms with Crippen molar-refractivity contribution in [3.63, 3.8) is 0 Å². The highest BCUT2D eigenvalue weighted by Crippen LogP contribution is 2.29. The fourth-order valence-electron chi connectivity index (χ4n) is 1.42. The summed E-state index contributed by atoms with van der Waals surface area (Å²) in [4.78, 5) is 34.1. The lowest BCUT2D eigenvalue weighted by Gasteiger charge is -2.20. The zero-order valence-corrected chi connectivity index (χ0v) is 12.9. The number of carbonyl (C=O) groups is 3. The monoisotopic (exact) mass is 327 g/mol. The Balaban J connectivity index is 4.54. The van der Waals surface area contributed by atoms with Crippen molar-refractivity contribution in [2.45, 2.75) is 45.9 Å². The number of Topliss-reactive ketones (excluding diaryl/α,β-unsaturated/α-hetero) is 1. The van der Waals surface area contributed by atoms with Gasteiger partial charge in [0.25, 0.3) is 0 Å². The standard InChI is InChI=1S/C13H20F3NO5/c1-5-21-10(19)9(13(14,15)16)8(18)6-7-17-11(20)22-12(2,3)4/h9H,5-7H2,1-4H3,(H,17,20). The maximum absolute atomic E-state index is 12.7. The second kappa shape index (κ2) is 8.00. The summed E-state index contributed by atoms with van der Waals surface area (Å²) in [6.45, 7) is 5.52. The largest absolute Gasteiger partial charge is 0.465 e. The van der Waals surface area contributed by atoms with Crippen LogP contribution in [0.2, 0.25) is 0 Å². The smallest absolute Gasteiger partial charge is 0.409 e. The first-order valence-electron chi connectivity index (χ1n) is 6.61. The molecule has 128 valence electrons. The van der Waals surface area contributed by atoms with E-state index in [9.17, 15) is 27.6 Å². The number of amides is 1. The Bertz CT molecular complexity index is 415. The van der Waals surface area contributed by atoms with E-state index in [1.165, 1.54) is 6.92 Å². The first kappa shape index (κ1) is 20.2. The summed E-state index contributed by atoms with van der Waals surface area (Å²) in [7, 11) is 0. The zero-order valence-electron chi connectivity index (χ0n) is 12.9. The van der Waals surface area contributed by atoms with Gasteiger partial charge in [0.15, 0.2) is 5.78 Å². The predicted octanol–water partition coefficient (Wildman–Crippen LogP) is 2.21. The molecule has 22 heavy (non-hydrogen) atoms. The lowest BCUT2D eigenvalue weighted by molar-refractivity contribution is -0.197. The number of rotatable bonds is 6. The molecule has 1 unspecified atom stereocenters. The van der Waals surface area contributed by atoms with Gasteiger partial charge in [0.05, 0.1) is 6.61 Å². The van der Waals surface area contributed by atoms with Crippen LogP contribution >= 0.6 is 0 Å². The van der Waals surface area contributed by atoms with Gasteiger partial charge in [-0.3, -0.25) is 9.59 Å². The molecule has 0 heterocycles. The van der Waals surface area contributed by atoms with Gasteiger partial charge in [-0.1, -0.05) is 0 Å². The summed E-state index contributed by atoms with van der Waals surface area (Å²) in [6.07, 6.45) is -6.56. The minimum absolute atomic E-state index is 0.269. The quantitative estimate of drug-likeness (QED) is 0.597. The number of ether oxygens (including phenoxy) is 2. The van der Waals surface area contributed by atoms with Crippen LogP contribution in [0.4, 0.5) is 18.0 Å². The average Bonchev–Trinajstić information content (AvgIpc) is 2.24. The first-order chi connectivity index (χ1) is 9.88. The summed E-state index contributed by atoms with van der Waals surface area (Å²) in [6, 6.07) is 0. The number of carbonyl (C=O) groups excluding carboxylic acids is 3. The summed E-state index contributed by atoms with van der Waals surface area (Å²) in [5, 5.41) is 2.15. The minimum Gasteiger partial charge on any atom is -0.465 e. The third-order valence-electron chi connectivity index (χ3n) is 2.21. The number of alkyl carbamates (subject to hydrolysis) is 1. The van der Waals surface area contributed by atoms with Gasteiger partial charge in [-0.25, -0.2) is 4.79 Å². The molecule has 0 aliphatic rings. The van der Waals surface area contributed by atoms with E-state index in [0.29, 0.717) is 0 Å². The zero-order chi connectivity index (χ0) is 17.6. The third kappa shape index (κ3) is 7.84.